The highest BCUT2D eigenvalue weighted by atomic mass is 32.2. The quantitative estimate of drug-likeness (QED) is 0.407. The molecule has 6 nitrogen and oxygen atoms in total. The van der Waals surface area contributed by atoms with Gasteiger partial charge < -0.3 is 14.2 Å². The number of carbonyl (C=O) groups excluding carboxylic acids is 2. The van der Waals surface area contributed by atoms with Crippen LogP contribution in [0.3, 0.4) is 0 Å². The minimum absolute atomic E-state index is 0.0330. The number of para-hydroxylation sites is 1. The smallest absolute Gasteiger partial charge is 0.338 e. The Morgan fingerprint density at radius 3 is 2.52 bits per heavy atom. The summed E-state index contributed by atoms with van der Waals surface area (Å²) in [6.07, 6.45) is 0. The number of aryl methyl sites for hydroxylation is 1. The standard InChI is InChI=1S/C22H25N3O3S/c1-4-24(17-10-8-7-9-11-17)20(26)15-29-22-23-18-14-16(21(27)28-6-3)12-13-19(18)25(22)5-2/h7-14H,4-6,15H2,1-3H3. The monoisotopic (exact) mass is 411 g/mol. The molecular formula is C22H25N3O3S. The highest BCUT2D eigenvalue weighted by Gasteiger charge is 2.18. The maximum atomic E-state index is 12.8. The van der Waals surface area contributed by atoms with Crippen LogP contribution in [0.1, 0.15) is 31.1 Å². The lowest BCUT2D eigenvalue weighted by Crippen LogP contribution is -2.32. The molecule has 1 amide bonds. The van der Waals surface area contributed by atoms with Crippen LogP contribution in [0, 0.1) is 0 Å². The van der Waals surface area contributed by atoms with Gasteiger partial charge in [-0.1, -0.05) is 30.0 Å². The molecule has 7 heteroatoms. The minimum atomic E-state index is -0.355. The van der Waals surface area contributed by atoms with Crippen LogP contribution in [-0.4, -0.2) is 40.3 Å². The first-order chi connectivity index (χ1) is 14.1. The molecule has 0 aliphatic carbocycles. The van der Waals surface area contributed by atoms with E-state index in [2.05, 4.69) is 9.55 Å². The first-order valence-electron chi connectivity index (χ1n) is 9.74. The lowest BCUT2D eigenvalue weighted by Gasteiger charge is -2.20. The lowest BCUT2D eigenvalue weighted by molar-refractivity contribution is -0.116. The van der Waals surface area contributed by atoms with Crippen LogP contribution in [0.25, 0.3) is 11.0 Å². The van der Waals surface area contributed by atoms with Crippen LogP contribution in [-0.2, 0) is 16.1 Å². The summed E-state index contributed by atoms with van der Waals surface area (Å²) >= 11 is 1.41. The van der Waals surface area contributed by atoms with Gasteiger partial charge in [0.25, 0.3) is 0 Å². The van der Waals surface area contributed by atoms with Gasteiger partial charge in [-0.25, -0.2) is 9.78 Å². The number of amides is 1. The third-order valence-electron chi connectivity index (χ3n) is 4.55. The fourth-order valence-corrected chi connectivity index (χ4v) is 4.13. The molecule has 0 unspecified atom stereocenters. The van der Waals surface area contributed by atoms with Crippen LogP contribution >= 0.6 is 11.8 Å². The van der Waals surface area contributed by atoms with Crippen LogP contribution in [0.5, 0.6) is 0 Å². The van der Waals surface area contributed by atoms with Crippen LogP contribution in [0.15, 0.2) is 53.7 Å². The highest BCUT2D eigenvalue weighted by molar-refractivity contribution is 7.99. The summed E-state index contributed by atoms with van der Waals surface area (Å²) in [7, 11) is 0. The number of nitrogens with zero attached hydrogens (tertiary/aromatic N) is 3. The molecule has 0 spiro atoms. The number of rotatable bonds is 8. The van der Waals surface area contributed by atoms with Gasteiger partial charge in [-0.2, -0.15) is 0 Å². The Morgan fingerprint density at radius 2 is 1.86 bits per heavy atom. The predicted octanol–water partition coefficient (Wildman–Crippen LogP) is 4.38. The fraction of sp³-hybridized carbons (Fsp3) is 0.318. The van der Waals surface area contributed by atoms with Crippen molar-refractivity contribution in [1.29, 1.82) is 0 Å². The van der Waals surface area contributed by atoms with Gasteiger partial charge in [-0.05, 0) is 51.1 Å². The Hall–Kier alpha value is -2.80. The second-order valence-corrected chi connectivity index (χ2v) is 7.27. The molecule has 0 aliphatic heterocycles. The van der Waals surface area contributed by atoms with E-state index < -0.39 is 0 Å². The van der Waals surface area contributed by atoms with E-state index in [9.17, 15) is 9.59 Å². The van der Waals surface area contributed by atoms with Gasteiger partial charge in [-0.15, -0.1) is 0 Å². The maximum absolute atomic E-state index is 12.8. The summed E-state index contributed by atoms with van der Waals surface area (Å²) < 4.78 is 7.13. The lowest BCUT2D eigenvalue weighted by atomic mass is 10.2. The molecule has 3 rings (SSSR count). The Bertz CT molecular complexity index is 1000. The van der Waals surface area contributed by atoms with E-state index in [1.807, 2.05) is 50.2 Å². The van der Waals surface area contributed by atoms with Crippen LogP contribution in [0.4, 0.5) is 5.69 Å². The van der Waals surface area contributed by atoms with Crippen LogP contribution in [0.2, 0.25) is 0 Å². The first-order valence-corrected chi connectivity index (χ1v) is 10.7. The Morgan fingerprint density at radius 1 is 1.10 bits per heavy atom. The van der Waals surface area contributed by atoms with Gasteiger partial charge in [0.05, 0.1) is 29.0 Å². The van der Waals surface area contributed by atoms with Crippen molar-refractivity contribution in [2.45, 2.75) is 32.5 Å². The largest absolute Gasteiger partial charge is 0.462 e. The molecule has 29 heavy (non-hydrogen) atoms. The number of benzene rings is 2. The average Bonchev–Trinajstić information content (AvgIpc) is 3.10. The zero-order chi connectivity index (χ0) is 20.8. The van der Waals surface area contributed by atoms with Crippen molar-refractivity contribution in [2.24, 2.45) is 0 Å². The molecule has 0 aliphatic rings. The molecule has 0 N–H and O–H groups in total. The van der Waals surface area contributed by atoms with Gasteiger partial charge in [0.1, 0.15) is 0 Å². The summed E-state index contributed by atoms with van der Waals surface area (Å²) in [6, 6.07) is 15.0. The number of fused-ring (bicyclic) bond motifs is 1. The van der Waals surface area contributed by atoms with Gasteiger partial charge in [0.2, 0.25) is 5.91 Å². The van der Waals surface area contributed by atoms with E-state index in [0.717, 1.165) is 28.4 Å². The number of imidazole rings is 1. The SMILES string of the molecule is CCOC(=O)c1ccc2c(c1)nc(SCC(=O)N(CC)c1ccccc1)n2CC. The molecule has 0 atom stereocenters. The summed E-state index contributed by atoms with van der Waals surface area (Å²) in [5.74, 6) is -0.0338. The van der Waals surface area contributed by atoms with E-state index in [0.29, 0.717) is 18.7 Å². The molecule has 1 aromatic heterocycles. The zero-order valence-electron chi connectivity index (χ0n) is 16.9. The number of carbonyl (C=O) groups is 2. The Kier molecular flexibility index (Phi) is 6.93. The van der Waals surface area contributed by atoms with Gasteiger partial charge in [0.15, 0.2) is 5.16 Å². The number of anilines is 1. The molecular weight excluding hydrogens is 386 g/mol. The second kappa shape index (κ2) is 9.60. The van der Waals surface area contributed by atoms with Crippen molar-refractivity contribution in [3.63, 3.8) is 0 Å². The van der Waals surface area contributed by atoms with Crippen molar-refractivity contribution < 1.29 is 14.3 Å². The molecule has 3 aromatic rings. The molecule has 1 heterocycles. The summed E-state index contributed by atoms with van der Waals surface area (Å²) in [5, 5.41) is 0.765. The van der Waals surface area contributed by atoms with Crippen molar-refractivity contribution in [3.05, 3.63) is 54.1 Å². The number of hydrogen-bond donors (Lipinski definition) is 0. The van der Waals surface area contributed by atoms with Crippen molar-refractivity contribution >= 4 is 40.4 Å². The van der Waals surface area contributed by atoms with Crippen molar-refractivity contribution in [3.8, 4) is 0 Å². The first kappa shape index (κ1) is 20.9. The Labute approximate surface area is 174 Å². The molecule has 152 valence electrons. The topological polar surface area (TPSA) is 64.4 Å². The number of hydrogen-bond acceptors (Lipinski definition) is 5. The van der Waals surface area contributed by atoms with Crippen molar-refractivity contribution in [2.75, 3.05) is 23.8 Å². The average molecular weight is 412 g/mol. The summed E-state index contributed by atoms with van der Waals surface area (Å²) in [6.45, 7) is 7.45. The zero-order valence-corrected chi connectivity index (χ0v) is 17.7. The van der Waals surface area contributed by atoms with Gasteiger partial charge >= 0.3 is 5.97 Å². The third-order valence-corrected chi connectivity index (χ3v) is 5.51. The number of thioether (sulfide) groups is 1. The summed E-state index contributed by atoms with van der Waals surface area (Å²) in [4.78, 5) is 31.2. The number of ether oxygens (including phenoxy) is 1. The predicted molar refractivity (Wildman–Crippen MR) is 117 cm³/mol. The van der Waals surface area contributed by atoms with Crippen molar-refractivity contribution in [1.82, 2.24) is 9.55 Å². The van der Waals surface area contributed by atoms with E-state index in [-0.39, 0.29) is 17.6 Å². The van der Waals surface area contributed by atoms with E-state index in [4.69, 9.17) is 4.74 Å². The normalized spacial score (nSPS) is 10.9. The molecule has 0 radical (unpaired) electrons. The molecule has 0 saturated heterocycles. The van der Waals surface area contributed by atoms with E-state index in [1.54, 1.807) is 24.0 Å². The Balaban J connectivity index is 1.80. The highest BCUT2D eigenvalue weighted by Crippen LogP contribution is 2.26. The van der Waals surface area contributed by atoms with E-state index in [1.165, 1.54) is 11.8 Å². The third kappa shape index (κ3) is 4.62. The van der Waals surface area contributed by atoms with E-state index >= 15 is 0 Å². The maximum Gasteiger partial charge on any atom is 0.338 e. The van der Waals surface area contributed by atoms with Gasteiger partial charge in [-0.3, -0.25) is 4.79 Å². The summed E-state index contributed by atoms with van der Waals surface area (Å²) in [5.41, 5.74) is 3.03. The molecule has 0 fully saturated rings. The fourth-order valence-electron chi connectivity index (χ4n) is 3.18. The number of aromatic nitrogens is 2. The molecule has 2 aromatic carbocycles. The number of esters is 1. The molecule has 0 saturated carbocycles. The van der Waals surface area contributed by atoms with Gasteiger partial charge in [0, 0.05) is 18.8 Å². The van der Waals surface area contributed by atoms with Crippen LogP contribution < -0.4 is 4.90 Å². The molecule has 0 bridgehead atoms. The minimum Gasteiger partial charge on any atom is -0.462 e. The second-order valence-electron chi connectivity index (χ2n) is 6.32.